The zero-order valence-electron chi connectivity index (χ0n) is 11.0. The van der Waals surface area contributed by atoms with E-state index in [-0.39, 0.29) is 0 Å². The van der Waals surface area contributed by atoms with Crippen molar-refractivity contribution in [2.75, 3.05) is 26.3 Å². The van der Waals surface area contributed by atoms with Crippen molar-refractivity contribution in [3.63, 3.8) is 0 Å². The molecule has 3 rings (SSSR count). The average Bonchev–Trinajstić information content (AvgIpc) is 2.50. The fraction of sp³-hybridized carbons (Fsp3) is 0.312. The summed E-state index contributed by atoms with van der Waals surface area (Å²) in [4.78, 5) is 6.95. The summed E-state index contributed by atoms with van der Waals surface area (Å²) < 4.78 is 5.35. The molecule has 2 heterocycles. The van der Waals surface area contributed by atoms with Crippen LogP contribution in [0.4, 0.5) is 0 Å². The second kappa shape index (κ2) is 5.95. The van der Waals surface area contributed by atoms with Crippen molar-refractivity contribution in [3.8, 4) is 11.1 Å². The molecule has 0 atom stereocenters. The molecule has 1 aliphatic heterocycles. The van der Waals surface area contributed by atoms with Gasteiger partial charge in [0.2, 0.25) is 0 Å². The fourth-order valence-corrected chi connectivity index (χ4v) is 2.31. The zero-order valence-corrected chi connectivity index (χ0v) is 11.0. The number of ether oxygens (including phenoxy) is 1. The summed E-state index contributed by atoms with van der Waals surface area (Å²) in [5.41, 5.74) is 3.51. The highest BCUT2D eigenvalue weighted by molar-refractivity contribution is 5.62. The molecular formula is C16H18N2O. The lowest BCUT2D eigenvalue weighted by molar-refractivity contribution is 0.0336. The number of rotatable bonds is 3. The summed E-state index contributed by atoms with van der Waals surface area (Å²) in [7, 11) is 0. The molecule has 0 bridgehead atoms. The van der Waals surface area contributed by atoms with E-state index in [2.05, 4.69) is 46.3 Å². The molecule has 3 heteroatoms. The molecular weight excluding hydrogens is 236 g/mol. The summed E-state index contributed by atoms with van der Waals surface area (Å²) in [5, 5.41) is 0. The van der Waals surface area contributed by atoms with Crippen LogP contribution in [0.1, 0.15) is 5.69 Å². The summed E-state index contributed by atoms with van der Waals surface area (Å²) in [6.45, 7) is 4.59. The molecule has 98 valence electrons. The average molecular weight is 254 g/mol. The summed E-state index contributed by atoms with van der Waals surface area (Å²) in [5.74, 6) is 0. The van der Waals surface area contributed by atoms with Gasteiger partial charge in [-0.15, -0.1) is 0 Å². The minimum absolute atomic E-state index is 0.835. The van der Waals surface area contributed by atoms with Crippen LogP contribution in [-0.2, 0) is 11.3 Å². The van der Waals surface area contributed by atoms with Gasteiger partial charge >= 0.3 is 0 Å². The van der Waals surface area contributed by atoms with Crippen LogP contribution in [0.3, 0.4) is 0 Å². The Balaban J connectivity index is 1.68. The fourth-order valence-electron chi connectivity index (χ4n) is 2.31. The van der Waals surface area contributed by atoms with Crippen LogP contribution in [0.2, 0.25) is 0 Å². The maximum atomic E-state index is 5.35. The predicted octanol–water partition coefficient (Wildman–Crippen LogP) is 2.58. The van der Waals surface area contributed by atoms with Crippen molar-refractivity contribution in [3.05, 3.63) is 54.4 Å². The first-order chi connectivity index (χ1) is 9.42. The van der Waals surface area contributed by atoms with Crippen molar-refractivity contribution in [1.29, 1.82) is 0 Å². The van der Waals surface area contributed by atoms with E-state index < -0.39 is 0 Å². The molecule has 1 aromatic heterocycles. The molecule has 1 aromatic carbocycles. The smallest absolute Gasteiger partial charge is 0.0594 e. The molecule has 19 heavy (non-hydrogen) atoms. The molecule has 0 N–H and O–H groups in total. The molecule has 0 saturated carbocycles. The van der Waals surface area contributed by atoms with Crippen molar-refractivity contribution < 1.29 is 4.74 Å². The first kappa shape index (κ1) is 12.3. The Hall–Kier alpha value is -1.71. The topological polar surface area (TPSA) is 25.4 Å². The van der Waals surface area contributed by atoms with Gasteiger partial charge in [-0.3, -0.25) is 9.88 Å². The van der Waals surface area contributed by atoms with Crippen molar-refractivity contribution in [1.82, 2.24) is 9.88 Å². The van der Waals surface area contributed by atoms with Crippen LogP contribution in [0.5, 0.6) is 0 Å². The second-order valence-electron chi connectivity index (χ2n) is 4.79. The molecule has 1 fully saturated rings. The van der Waals surface area contributed by atoms with Gasteiger partial charge in [0.15, 0.2) is 0 Å². The minimum atomic E-state index is 0.835. The Morgan fingerprint density at radius 2 is 1.74 bits per heavy atom. The summed E-state index contributed by atoms with van der Waals surface area (Å²) in [6, 6.07) is 14.6. The van der Waals surface area contributed by atoms with Crippen LogP contribution in [0, 0.1) is 0 Å². The molecule has 0 unspecified atom stereocenters. The van der Waals surface area contributed by atoms with Gasteiger partial charge in [-0.1, -0.05) is 36.4 Å². The number of morpholine rings is 1. The number of pyridine rings is 1. The molecule has 3 nitrogen and oxygen atoms in total. The lowest BCUT2D eigenvalue weighted by atomic mass is 10.1. The van der Waals surface area contributed by atoms with Crippen molar-refractivity contribution in [2.45, 2.75) is 6.54 Å². The van der Waals surface area contributed by atoms with Crippen LogP contribution < -0.4 is 0 Å². The van der Waals surface area contributed by atoms with Crippen LogP contribution in [-0.4, -0.2) is 36.2 Å². The maximum Gasteiger partial charge on any atom is 0.0594 e. The predicted molar refractivity (Wildman–Crippen MR) is 75.8 cm³/mol. The number of benzene rings is 1. The first-order valence-electron chi connectivity index (χ1n) is 6.72. The first-order valence-corrected chi connectivity index (χ1v) is 6.72. The highest BCUT2D eigenvalue weighted by Crippen LogP contribution is 2.18. The molecule has 0 radical (unpaired) electrons. The molecule has 0 aliphatic carbocycles. The molecule has 0 spiro atoms. The van der Waals surface area contributed by atoms with E-state index in [1.165, 1.54) is 11.1 Å². The minimum Gasteiger partial charge on any atom is -0.379 e. The van der Waals surface area contributed by atoms with Crippen molar-refractivity contribution in [2.24, 2.45) is 0 Å². The van der Waals surface area contributed by atoms with E-state index in [1.54, 1.807) is 0 Å². The van der Waals surface area contributed by atoms with Crippen LogP contribution in [0.15, 0.2) is 48.7 Å². The van der Waals surface area contributed by atoms with Gasteiger partial charge in [-0.25, -0.2) is 0 Å². The third-order valence-corrected chi connectivity index (χ3v) is 3.42. The van der Waals surface area contributed by atoms with Gasteiger partial charge in [0.1, 0.15) is 0 Å². The van der Waals surface area contributed by atoms with Crippen LogP contribution >= 0.6 is 0 Å². The van der Waals surface area contributed by atoms with Gasteiger partial charge in [-0.2, -0.15) is 0 Å². The zero-order chi connectivity index (χ0) is 12.9. The third-order valence-electron chi connectivity index (χ3n) is 3.42. The Morgan fingerprint density at radius 3 is 2.42 bits per heavy atom. The van der Waals surface area contributed by atoms with E-state index in [4.69, 9.17) is 4.74 Å². The van der Waals surface area contributed by atoms with E-state index in [9.17, 15) is 0 Å². The van der Waals surface area contributed by atoms with Gasteiger partial charge < -0.3 is 4.74 Å². The largest absolute Gasteiger partial charge is 0.379 e. The van der Waals surface area contributed by atoms with Crippen molar-refractivity contribution >= 4 is 0 Å². The molecule has 1 aliphatic rings. The Kier molecular flexibility index (Phi) is 3.86. The SMILES string of the molecule is c1ccc(-c2ccc(CN3CCOCC3)nc2)cc1. The summed E-state index contributed by atoms with van der Waals surface area (Å²) in [6.07, 6.45) is 1.96. The van der Waals surface area contributed by atoms with Gasteiger partial charge in [0.25, 0.3) is 0 Å². The Bertz CT molecular complexity index is 504. The van der Waals surface area contributed by atoms with E-state index in [1.807, 2.05) is 12.3 Å². The standard InChI is InChI=1S/C16H18N2O/c1-2-4-14(5-3-1)15-6-7-16(17-12-15)13-18-8-10-19-11-9-18/h1-7,12H,8-11,13H2. The highest BCUT2D eigenvalue weighted by Gasteiger charge is 2.11. The number of nitrogens with zero attached hydrogens (tertiary/aromatic N) is 2. The lowest BCUT2D eigenvalue weighted by Crippen LogP contribution is -2.35. The summed E-state index contributed by atoms with van der Waals surface area (Å²) >= 11 is 0. The second-order valence-corrected chi connectivity index (χ2v) is 4.79. The monoisotopic (exact) mass is 254 g/mol. The normalized spacial score (nSPS) is 16.4. The highest BCUT2D eigenvalue weighted by atomic mass is 16.5. The third kappa shape index (κ3) is 3.19. The maximum absolute atomic E-state index is 5.35. The van der Waals surface area contributed by atoms with Gasteiger partial charge in [0.05, 0.1) is 18.9 Å². The molecule has 2 aromatic rings. The van der Waals surface area contributed by atoms with Gasteiger partial charge in [0, 0.05) is 31.4 Å². The van der Waals surface area contributed by atoms with Crippen LogP contribution in [0.25, 0.3) is 11.1 Å². The Morgan fingerprint density at radius 1 is 0.947 bits per heavy atom. The molecule has 1 saturated heterocycles. The lowest BCUT2D eigenvalue weighted by Gasteiger charge is -2.26. The number of aromatic nitrogens is 1. The number of hydrogen-bond acceptors (Lipinski definition) is 3. The quantitative estimate of drug-likeness (QED) is 0.842. The number of hydrogen-bond donors (Lipinski definition) is 0. The van der Waals surface area contributed by atoms with E-state index in [0.717, 1.165) is 38.5 Å². The van der Waals surface area contributed by atoms with E-state index in [0.29, 0.717) is 0 Å². The molecule has 0 amide bonds. The Labute approximate surface area is 113 Å². The van der Waals surface area contributed by atoms with E-state index >= 15 is 0 Å². The van der Waals surface area contributed by atoms with Gasteiger partial charge in [-0.05, 0) is 11.6 Å².